The molecule has 4 rings (SSSR count). The van der Waals surface area contributed by atoms with E-state index in [1.165, 1.54) is 12.1 Å². The number of methoxy groups -OCH3 is 1. The highest BCUT2D eigenvalue weighted by atomic mass is 35.5. The first kappa shape index (κ1) is 24.3. The molecule has 0 atom stereocenters. The number of hydrogen-bond acceptors (Lipinski definition) is 6. The van der Waals surface area contributed by atoms with Crippen LogP contribution in [0.5, 0.6) is 0 Å². The van der Waals surface area contributed by atoms with Crippen molar-refractivity contribution in [3.63, 3.8) is 0 Å². The summed E-state index contributed by atoms with van der Waals surface area (Å²) in [6.07, 6.45) is 3.57. The molecule has 0 unspecified atom stereocenters. The predicted octanol–water partition coefficient (Wildman–Crippen LogP) is 3.73. The van der Waals surface area contributed by atoms with Gasteiger partial charge in [0.15, 0.2) is 5.82 Å². The molecule has 0 radical (unpaired) electrons. The first-order chi connectivity index (χ1) is 13.6. The van der Waals surface area contributed by atoms with E-state index in [1.807, 2.05) is 6.07 Å². The van der Waals surface area contributed by atoms with Gasteiger partial charge in [-0.2, -0.15) is 0 Å². The Bertz CT molecular complexity index is 964. The van der Waals surface area contributed by atoms with Crippen molar-refractivity contribution < 1.29 is 9.13 Å². The van der Waals surface area contributed by atoms with E-state index < -0.39 is 0 Å². The second kappa shape index (κ2) is 10.9. The first-order valence-corrected chi connectivity index (χ1v) is 9.61. The summed E-state index contributed by atoms with van der Waals surface area (Å²) in [5.41, 5.74) is 8.46. The molecule has 30 heavy (non-hydrogen) atoms. The molecular formula is C20H27Cl2FN6O. The first-order valence-electron chi connectivity index (χ1n) is 9.61. The number of benzene rings is 1. The quantitative estimate of drug-likeness (QED) is 0.446. The summed E-state index contributed by atoms with van der Waals surface area (Å²) >= 11 is 0. The van der Waals surface area contributed by atoms with Gasteiger partial charge in [-0.3, -0.25) is 0 Å². The molecule has 10 heteroatoms. The third kappa shape index (κ3) is 5.78. The summed E-state index contributed by atoms with van der Waals surface area (Å²) in [6.45, 7) is 1.13. The molecule has 0 amide bonds. The molecule has 1 aliphatic carbocycles. The molecular weight excluding hydrogens is 430 g/mol. The highest BCUT2D eigenvalue weighted by molar-refractivity contribution is 5.85. The molecule has 0 spiro atoms. The van der Waals surface area contributed by atoms with Gasteiger partial charge in [-0.05, 0) is 37.5 Å². The Hall–Kier alpha value is -2.00. The van der Waals surface area contributed by atoms with E-state index in [0.29, 0.717) is 18.3 Å². The lowest BCUT2D eigenvalue weighted by molar-refractivity contribution is 0.177. The van der Waals surface area contributed by atoms with Crippen LogP contribution in [0.15, 0.2) is 24.3 Å². The third-order valence-corrected chi connectivity index (χ3v) is 5.05. The number of nitrogens with one attached hydrogen (secondary N) is 2. The fraction of sp³-hybridized carbons (Fsp3) is 0.450. The highest BCUT2D eigenvalue weighted by Gasteiger charge is 2.29. The lowest BCUT2D eigenvalue weighted by Crippen LogP contribution is -2.35. The van der Waals surface area contributed by atoms with Crippen LogP contribution >= 0.6 is 24.8 Å². The predicted molar refractivity (Wildman–Crippen MR) is 120 cm³/mol. The number of halogens is 3. The number of ether oxygens (including phenoxy) is 1. The molecule has 1 aliphatic rings. The van der Waals surface area contributed by atoms with Crippen LogP contribution < -0.4 is 11.1 Å². The van der Waals surface area contributed by atoms with Crippen LogP contribution in [0.4, 0.5) is 10.2 Å². The fourth-order valence-electron chi connectivity index (χ4n) is 3.54. The number of nitrogens with two attached hydrogens (primary N) is 1. The number of hydrogen-bond donors (Lipinski definition) is 3. The number of aromatic nitrogens is 4. The van der Waals surface area contributed by atoms with Gasteiger partial charge in [0.1, 0.15) is 24.1 Å². The largest absolute Gasteiger partial charge is 0.377 e. The SMILES string of the molecule is COCc1nc(NCCCc2nc3ccc(F)cc3[nH]2)cc(C2CC(N)C2)n1.Cl.Cl. The highest BCUT2D eigenvalue weighted by Crippen LogP contribution is 2.35. The molecule has 3 aromatic rings. The second-order valence-electron chi connectivity index (χ2n) is 7.33. The van der Waals surface area contributed by atoms with Gasteiger partial charge in [0.05, 0.1) is 11.0 Å². The fourth-order valence-corrected chi connectivity index (χ4v) is 3.54. The number of aryl methyl sites for hydroxylation is 1. The van der Waals surface area contributed by atoms with Gasteiger partial charge in [-0.25, -0.2) is 19.3 Å². The lowest BCUT2D eigenvalue weighted by Gasteiger charge is -2.32. The summed E-state index contributed by atoms with van der Waals surface area (Å²) < 4.78 is 18.5. The van der Waals surface area contributed by atoms with Crippen molar-refractivity contribution in [3.8, 4) is 0 Å². The zero-order chi connectivity index (χ0) is 19.5. The molecule has 2 heterocycles. The van der Waals surface area contributed by atoms with Crippen molar-refractivity contribution in [1.82, 2.24) is 19.9 Å². The number of aromatic amines is 1. The molecule has 0 bridgehead atoms. The maximum atomic E-state index is 13.3. The number of fused-ring (bicyclic) bond motifs is 1. The monoisotopic (exact) mass is 456 g/mol. The van der Waals surface area contributed by atoms with Crippen LogP contribution in [0.25, 0.3) is 11.0 Å². The number of nitrogens with zero attached hydrogens (tertiary/aromatic N) is 3. The Morgan fingerprint density at radius 2 is 2.00 bits per heavy atom. The van der Waals surface area contributed by atoms with E-state index in [1.54, 1.807) is 13.2 Å². The Labute approximate surface area is 187 Å². The smallest absolute Gasteiger partial charge is 0.156 e. The lowest BCUT2D eigenvalue weighted by atomic mass is 9.78. The van der Waals surface area contributed by atoms with Gasteiger partial charge in [0, 0.05) is 43.8 Å². The van der Waals surface area contributed by atoms with Crippen LogP contribution in [-0.2, 0) is 17.8 Å². The topological polar surface area (TPSA) is 102 Å². The molecule has 164 valence electrons. The standard InChI is InChI=1S/C20H25FN6O.2ClH/c1-28-11-20-25-16(12-7-14(22)8-12)10-19(27-20)23-6-2-3-18-24-15-5-4-13(21)9-17(15)26-18;;/h4-5,9-10,12,14H,2-3,6-8,11,22H2,1H3,(H,24,26)(H,23,25,27);2*1H. The van der Waals surface area contributed by atoms with Crippen molar-refractivity contribution in [2.75, 3.05) is 19.0 Å². The maximum Gasteiger partial charge on any atom is 0.156 e. The average Bonchev–Trinajstić information content (AvgIpc) is 3.04. The van der Waals surface area contributed by atoms with Crippen molar-refractivity contribution >= 4 is 41.7 Å². The molecule has 1 fully saturated rings. The molecule has 0 saturated heterocycles. The summed E-state index contributed by atoms with van der Waals surface area (Å²) in [6, 6.07) is 6.87. The van der Waals surface area contributed by atoms with Crippen LogP contribution in [0.1, 0.15) is 42.5 Å². The van der Waals surface area contributed by atoms with E-state index in [0.717, 1.165) is 60.6 Å². The minimum Gasteiger partial charge on any atom is -0.377 e. The van der Waals surface area contributed by atoms with Crippen molar-refractivity contribution in [3.05, 3.63) is 47.4 Å². The Kier molecular flexibility index (Phi) is 8.78. The minimum atomic E-state index is -0.261. The Morgan fingerprint density at radius 1 is 1.20 bits per heavy atom. The van der Waals surface area contributed by atoms with E-state index in [4.69, 9.17) is 10.5 Å². The second-order valence-corrected chi connectivity index (χ2v) is 7.33. The van der Waals surface area contributed by atoms with Crippen LogP contribution in [0, 0.1) is 5.82 Å². The number of anilines is 1. The number of rotatable bonds is 8. The van der Waals surface area contributed by atoms with Crippen LogP contribution in [0.2, 0.25) is 0 Å². The third-order valence-electron chi connectivity index (χ3n) is 5.05. The van der Waals surface area contributed by atoms with Gasteiger partial charge in [-0.1, -0.05) is 0 Å². The molecule has 7 nitrogen and oxygen atoms in total. The van der Waals surface area contributed by atoms with E-state index in [-0.39, 0.29) is 36.7 Å². The zero-order valence-electron chi connectivity index (χ0n) is 16.7. The Balaban J connectivity index is 0.00000160. The minimum absolute atomic E-state index is 0. The summed E-state index contributed by atoms with van der Waals surface area (Å²) in [7, 11) is 1.64. The van der Waals surface area contributed by atoms with Crippen molar-refractivity contribution in [2.24, 2.45) is 5.73 Å². The molecule has 0 aliphatic heterocycles. The van der Waals surface area contributed by atoms with Gasteiger partial charge in [0.2, 0.25) is 0 Å². The maximum absolute atomic E-state index is 13.3. The average molecular weight is 457 g/mol. The van der Waals surface area contributed by atoms with E-state index in [2.05, 4.69) is 25.3 Å². The summed E-state index contributed by atoms with van der Waals surface area (Å²) in [4.78, 5) is 16.8. The van der Waals surface area contributed by atoms with Gasteiger partial charge >= 0.3 is 0 Å². The van der Waals surface area contributed by atoms with Crippen molar-refractivity contribution in [2.45, 2.75) is 44.2 Å². The van der Waals surface area contributed by atoms with Crippen LogP contribution in [-0.4, -0.2) is 39.6 Å². The van der Waals surface area contributed by atoms with E-state index >= 15 is 0 Å². The van der Waals surface area contributed by atoms with Crippen molar-refractivity contribution in [1.29, 1.82) is 0 Å². The Morgan fingerprint density at radius 3 is 2.73 bits per heavy atom. The molecule has 1 saturated carbocycles. The van der Waals surface area contributed by atoms with E-state index in [9.17, 15) is 4.39 Å². The van der Waals surface area contributed by atoms with Gasteiger partial charge in [0.25, 0.3) is 0 Å². The normalized spacial score (nSPS) is 17.7. The van der Waals surface area contributed by atoms with Gasteiger partial charge in [-0.15, -0.1) is 24.8 Å². The molecule has 1 aromatic carbocycles. The summed E-state index contributed by atoms with van der Waals surface area (Å²) in [5, 5.41) is 3.37. The van der Waals surface area contributed by atoms with Gasteiger partial charge < -0.3 is 20.8 Å². The molecule has 2 aromatic heterocycles. The zero-order valence-corrected chi connectivity index (χ0v) is 18.4. The number of H-pyrrole nitrogens is 1. The summed E-state index contributed by atoms with van der Waals surface area (Å²) in [5.74, 6) is 2.49. The number of imidazole rings is 1. The van der Waals surface area contributed by atoms with Crippen LogP contribution in [0.3, 0.4) is 0 Å². The molecule has 4 N–H and O–H groups in total.